The molecule has 1 fully saturated rings. The van der Waals surface area contributed by atoms with Crippen molar-refractivity contribution in [1.82, 2.24) is 9.88 Å². The summed E-state index contributed by atoms with van der Waals surface area (Å²) in [5.41, 5.74) is 1.56. The van der Waals surface area contributed by atoms with Crippen LogP contribution in [0.5, 0.6) is 0 Å². The normalized spacial score (nSPS) is 21.9. The second kappa shape index (κ2) is 4.71. The van der Waals surface area contributed by atoms with Gasteiger partial charge in [0, 0.05) is 12.0 Å². The molecule has 0 bridgehead atoms. The Morgan fingerprint density at radius 1 is 1.25 bits per heavy atom. The van der Waals surface area contributed by atoms with E-state index in [2.05, 4.69) is 9.88 Å². The molecule has 0 spiro atoms. The molecule has 6 heteroatoms. The maximum Gasteiger partial charge on any atom is 0.246 e. The molecule has 1 aromatic heterocycles. The second-order valence-electron chi connectivity index (χ2n) is 5.13. The first kappa shape index (κ1) is 13.3. The highest BCUT2D eigenvalue weighted by Crippen LogP contribution is 2.41. The molecule has 3 rings (SSSR count). The first-order valence-corrected chi connectivity index (χ1v) is 7.97. The molecule has 2 atom stereocenters. The van der Waals surface area contributed by atoms with Gasteiger partial charge in [0.05, 0.1) is 0 Å². The van der Waals surface area contributed by atoms with Gasteiger partial charge in [-0.25, -0.2) is 13.1 Å². The van der Waals surface area contributed by atoms with Crippen LogP contribution in [-0.2, 0) is 10.0 Å². The highest BCUT2D eigenvalue weighted by molar-refractivity contribution is 7.89. The summed E-state index contributed by atoms with van der Waals surface area (Å²) < 4.78 is 32.4. The standard InChI is InChI=1S/C14H16N2O3S/c1-9-14(10(2)19-15-9)20(17,18)16-13-8-12(13)11-6-4-3-5-7-11/h3-7,12-13,16H,8H2,1-2H3/t12-,13+/m1/s1. The van der Waals surface area contributed by atoms with Gasteiger partial charge >= 0.3 is 0 Å². The van der Waals surface area contributed by atoms with E-state index in [0.717, 1.165) is 6.42 Å². The molecule has 5 nitrogen and oxygen atoms in total. The molecule has 0 amide bonds. The summed E-state index contributed by atoms with van der Waals surface area (Å²) in [5.74, 6) is 0.582. The largest absolute Gasteiger partial charge is 0.360 e. The molecule has 1 aliphatic carbocycles. The Bertz CT molecular complexity index is 703. The minimum Gasteiger partial charge on any atom is -0.360 e. The Morgan fingerprint density at radius 2 is 1.95 bits per heavy atom. The van der Waals surface area contributed by atoms with Crippen LogP contribution < -0.4 is 4.72 Å². The monoisotopic (exact) mass is 292 g/mol. The first-order chi connectivity index (χ1) is 9.49. The molecule has 1 heterocycles. The molecule has 1 aromatic carbocycles. The van der Waals surface area contributed by atoms with Crippen molar-refractivity contribution in [3.8, 4) is 0 Å². The summed E-state index contributed by atoms with van der Waals surface area (Å²) in [6, 6.07) is 9.88. The third-order valence-electron chi connectivity index (χ3n) is 3.56. The van der Waals surface area contributed by atoms with E-state index in [1.807, 2.05) is 30.3 Å². The number of sulfonamides is 1. The summed E-state index contributed by atoms with van der Waals surface area (Å²) in [6.45, 7) is 3.24. The summed E-state index contributed by atoms with van der Waals surface area (Å²) >= 11 is 0. The van der Waals surface area contributed by atoms with Crippen LogP contribution in [-0.4, -0.2) is 19.6 Å². The summed E-state index contributed by atoms with van der Waals surface area (Å²) in [7, 11) is -3.56. The Balaban J connectivity index is 1.77. The molecule has 0 aliphatic heterocycles. The zero-order valence-corrected chi connectivity index (χ0v) is 12.1. The van der Waals surface area contributed by atoms with Gasteiger partial charge in [-0.2, -0.15) is 0 Å². The molecule has 1 saturated carbocycles. The summed E-state index contributed by atoms with van der Waals surface area (Å²) in [4.78, 5) is 0.163. The van der Waals surface area contributed by atoms with Gasteiger partial charge in [0.25, 0.3) is 0 Å². The van der Waals surface area contributed by atoms with E-state index < -0.39 is 10.0 Å². The average Bonchev–Trinajstić information content (AvgIpc) is 3.06. The van der Waals surface area contributed by atoms with Crippen LogP contribution in [0.25, 0.3) is 0 Å². The number of hydrogen-bond acceptors (Lipinski definition) is 4. The van der Waals surface area contributed by atoms with Gasteiger partial charge in [0.2, 0.25) is 10.0 Å². The SMILES string of the molecule is Cc1noc(C)c1S(=O)(=O)N[C@H]1C[C@@H]1c1ccccc1. The molecule has 0 radical (unpaired) electrons. The zero-order valence-electron chi connectivity index (χ0n) is 11.3. The Morgan fingerprint density at radius 3 is 2.55 bits per heavy atom. The van der Waals surface area contributed by atoms with Crippen molar-refractivity contribution < 1.29 is 12.9 Å². The average molecular weight is 292 g/mol. The van der Waals surface area contributed by atoms with E-state index in [9.17, 15) is 8.42 Å². The van der Waals surface area contributed by atoms with Gasteiger partial charge in [-0.05, 0) is 25.8 Å². The molecule has 0 saturated heterocycles. The molecule has 0 unspecified atom stereocenters. The van der Waals surface area contributed by atoms with E-state index in [-0.39, 0.29) is 16.9 Å². The molecule has 106 valence electrons. The lowest BCUT2D eigenvalue weighted by Crippen LogP contribution is -2.27. The lowest BCUT2D eigenvalue weighted by molar-refractivity contribution is 0.390. The maximum absolute atomic E-state index is 12.4. The van der Waals surface area contributed by atoms with Crippen LogP contribution >= 0.6 is 0 Å². The molecule has 1 aliphatic rings. The van der Waals surface area contributed by atoms with Crippen LogP contribution in [0, 0.1) is 13.8 Å². The number of aryl methyl sites for hydroxylation is 2. The van der Waals surface area contributed by atoms with Crippen LogP contribution in [0.3, 0.4) is 0 Å². The Labute approximate surface area is 118 Å². The summed E-state index contributed by atoms with van der Waals surface area (Å²) in [5, 5.41) is 3.69. The number of nitrogens with zero attached hydrogens (tertiary/aromatic N) is 1. The van der Waals surface area contributed by atoms with Gasteiger partial charge < -0.3 is 4.52 Å². The number of hydrogen-bond donors (Lipinski definition) is 1. The van der Waals surface area contributed by atoms with Crippen LogP contribution in [0.15, 0.2) is 39.8 Å². The highest BCUT2D eigenvalue weighted by Gasteiger charge is 2.42. The molecular formula is C14H16N2O3S. The van der Waals surface area contributed by atoms with Crippen molar-refractivity contribution in [2.75, 3.05) is 0 Å². The van der Waals surface area contributed by atoms with Crippen molar-refractivity contribution in [1.29, 1.82) is 0 Å². The van der Waals surface area contributed by atoms with Crippen molar-refractivity contribution in [2.45, 2.75) is 37.1 Å². The molecular weight excluding hydrogens is 276 g/mol. The summed E-state index contributed by atoms with van der Waals surface area (Å²) in [6.07, 6.45) is 0.826. The van der Waals surface area contributed by atoms with E-state index in [1.165, 1.54) is 5.56 Å². The zero-order chi connectivity index (χ0) is 14.3. The van der Waals surface area contributed by atoms with Crippen LogP contribution in [0.4, 0.5) is 0 Å². The number of benzene rings is 1. The minimum absolute atomic E-state index is 0.0453. The topological polar surface area (TPSA) is 72.2 Å². The van der Waals surface area contributed by atoms with Gasteiger partial charge in [0.1, 0.15) is 10.6 Å². The smallest absolute Gasteiger partial charge is 0.246 e. The van der Waals surface area contributed by atoms with Gasteiger partial charge in [0.15, 0.2) is 5.76 Å². The second-order valence-corrected chi connectivity index (χ2v) is 6.78. The van der Waals surface area contributed by atoms with E-state index in [4.69, 9.17) is 4.52 Å². The Kier molecular flexibility index (Phi) is 3.14. The van der Waals surface area contributed by atoms with Gasteiger partial charge in [-0.3, -0.25) is 0 Å². The number of rotatable bonds is 4. The fraction of sp³-hybridized carbons (Fsp3) is 0.357. The first-order valence-electron chi connectivity index (χ1n) is 6.49. The third kappa shape index (κ3) is 2.36. The highest BCUT2D eigenvalue weighted by atomic mass is 32.2. The van der Waals surface area contributed by atoms with Crippen LogP contribution in [0.1, 0.15) is 29.4 Å². The van der Waals surface area contributed by atoms with Crippen molar-refractivity contribution in [2.24, 2.45) is 0 Å². The quantitative estimate of drug-likeness (QED) is 0.937. The third-order valence-corrected chi connectivity index (χ3v) is 5.29. The molecule has 1 N–H and O–H groups in total. The lowest BCUT2D eigenvalue weighted by Gasteiger charge is -2.05. The van der Waals surface area contributed by atoms with Crippen LogP contribution in [0.2, 0.25) is 0 Å². The van der Waals surface area contributed by atoms with E-state index in [1.54, 1.807) is 13.8 Å². The fourth-order valence-corrected chi connectivity index (χ4v) is 4.13. The van der Waals surface area contributed by atoms with Gasteiger partial charge in [-0.15, -0.1) is 0 Å². The molecule has 2 aromatic rings. The minimum atomic E-state index is -3.56. The van der Waals surface area contributed by atoms with Crippen molar-refractivity contribution in [3.05, 3.63) is 47.3 Å². The predicted octanol–water partition coefficient (Wildman–Crippen LogP) is 2.13. The van der Waals surface area contributed by atoms with E-state index in [0.29, 0.717) is 11.5 Å². The lowest BCUT2D eigenvalue weighted by atomic mass is 10.1. The van der Waals surface area contributed by atoms with E-state index >= 15 is 0 Å². The van der Waals surface area contributed by atoms with Gasteiger partial charge in [-0.1, -0.05) is 35.5 Å². The maximum atomic E-state index is 12.4. The fourth-order valence-electron chi connectivity index (χ4n) is 2.51. The van der Waals surface area contributed by atoms with Crippen molar-refractivity contribution in [3.63, 3.8) is 0 Å². The predicted molar refractivity (Wildman–Crippen MR) is 73.9 cm³/mol. The van der Waals surface area contributed by atoms with Crippen molar-refractivity contribution >= 4 is 10.0 Å². The number of nitrogens with one attached hydrogen (secondary N) is 1. The Hall–Kier alpha value is -1.66. The molecule has 20 heavy (non-hydrogen) atoms. The number of aromatic nitrogens is 1.